The predicted octanol–water partition coefficient (Wildman–Crippen LogP) is 2.29. The van der Waals surface area contributed by atoms with Gasteiger partial charge in [-0.05, 0) is 36.8 Å². The minimum absolute atomic E-state index is 0. The lowest BCUT2D eigenvalue weighted by atomic mass is 10.1. The second-order valence-electron chi connectivity index (χ2n) is 6.98. The molecule has 1 fully saturated rings. The highest BCUT2D eigenvalue weighted by Gasteiger charge is 2.25. The van der Waals surface area contributed by atoms with Gasteiger partial charge in [-0.3, -0.25) is 14.7 Å². The molecule has 0 saturated carbocycles. The third-order valence-electron chi connectivity index (χ3n) is 5.10. The van der Waals surface area contributed by atoms with E-state index in [4.69, 9.17) is 4.99 Å². The molecule has 152 valence electrons. The largest absolute Gasteiger partial charge is 0.357 e. The molecule has 27 heavy (non-hydrogen) atoms. The van der Waals surface area contributed by atoms with Gasteiger partial charge < -0.3 is 15.5 Å². The Bertz CT molecular complexity index is 635. The third-order valence-corrected chi connectivity index (χ3v) is 6.12. The molecule has 0 radical (unpaired) electrons. The molecule has 3 rings (SSSR count). The van der Waals surface area contributed by atoms with Gasteiger partial charge in [0.25, 0.3) is 0 Å². The minimum atomic E-state index is 0. The summed E-state index contributed by atoms with van der Waals surface area (Å²) < 4.78 is 0. The molecule has 1 aromatic rings. The van der Waals surface area contributed by atoms with Crippen molar-refractivity contribution in [2.45, 2.75) is 45.7 Å². The molecule has 2 aliphatic heterocycles. The van der Waals surface area contributed by atoms with Crippen LogP contribution in [0.5, 0.6) is 0 Å². The second kappa shape index (κ2) is 11.2. The van der Waals surface area contributed by atoms with E-state index in [-0.39, 0.29) is 29.9 Å². The van der Waals surface area contributed by atoms with Crippen LogP contribution in [0.2, 0.25) is 0 Å². The van der Waals surface area contributed by atoms with Crippen LogP contribution in [-0.2, 0) is 17.8 Å². The SMILES string of the molecule is CCNC(=NCCN1CCc2sccc2C1)NC1CCN(C(=O)CC)C1.I. The first kappa shape index (κ1) is 22.4. The number of fused-ring (bicyclic) bond motifs is 1. The smallest absolute Gasteiger partial charge is 0.222 e. The van der Waals surface area contributed by atoms with Gasteiger partial charge in [-0.15, -0.1) is 35.3 Å². The standard InChI is InChI=1S/C19H31N5OS.HI/c1-3-18(25)24-10-5-16(14-24)22-19(20-4-2)21-8-11-23-9-6-17-15(13-23)7-12-26-17;/h7,12,16H,3-6,8-11,13-14H2,1-2H3,(H2,20,21,22);1H. The van der Waals surface area contributed by atoms with E-state index in [0.29, 0.717) is 12.5 Å². The summed E-state index contributed by atoms with van der Waals surface area (Å²) >= 11 is 1.88. The average Bonchev–Trinajstić information content (AvgIpc) is 3.30. The molecular formula is C19H32IN5OS. The molecule has 1 unspecified atom stereocenters. The quantitative estimate of drug-likeness (QED) is 0.354. The Labute approximate surface area is 183 Å². The molecule has 1 aromatic heterocycles. The van der Waals surface area contributed by atoms with Crippen molar-refractivity contribution in [1.29, 1.82) is 0 Å². The van der Waals surface area contributed by atoms with Crippen molar-refractivity contribution in [3.8, 4) is 0 Å². The first-order chi connectivity index (χ1) is 12.7. The molecule has 8 heteroatoms. The Morgan fingerprint density at radius 3 is 3.00 bits per heavy atom. The third kappa shape index (κ3) is 6.32. The fourth-order valence-corrected chi connectivity index (χ4v) is 4.53. The van der Waals surface area contributed by atoms with Crippen LogP contribution in [0.25, 0.3) is 0 Å². The molecule has 1 atom stereocenters. The van der Waals surface area contributed by atoms with Crippen molar-refractivity contribution >= 4 is 47.2 Å². The van der Waals surface area contributed by atoms with E-state index in [1.807, 2.05) is 23.2 Å². The van der Waals surface area contributed by atoms with Crippen LogP contribution in [0.3, 0.4) is 0 Å². The van der Waals surface area contributed by atoms with Crippen LogP contribution >= 0.6 is 35.3 Å². The number of hydrogen-bond acceptors (Lipinski definition) is 4. The Balaban J connectivity index is 0.00000261. The summed E-state index contributed by atoms with van der Waals surface area (Å²) in [6.07, 6.45) is 2.74. The zero-order valence-electron chi connectivity index (χ0n) is 16.4. The maximum atomic E-state index is 11.8. The summed E-state index contributed by atoms with van der Waals surface area (Å²) in [4.78, 5) is 22.6. The fraction of sp³-hybridized carbons (Fsp3) is 0.684. The van der Waals surface area contributed by atoms with E-state index in [9.17, 15) is 4.79 Å². The number of aliphatic imine (C=N–C) groups is 1. The Morgan fingerprint density at radius 2 is 2.22 bits per heavy atom. The maximum absolute atomic E-state index is 11.8. The second-order valence-corrected chi connectivity index (χ2v) is 7.98. The molecule has 2 aliphatic rings. The van der Waals surface area contributed by atoms with Crippen LogP contribution in [-0.4, -0.2) is 67.0 Å². The number of halogens is 1. The van der Waals surface area contributed by atoms with Gasteiger partial charge in [0.1, 0.15) is 0 Å². The summed E-state index contributed by atoms with van der Waals surface area (Å²) in [6.45, 7) is 10.4. The van der Waals surface area contributed by atoms with Crippen LogP contribution in [0, 0.1) is 0 Å². The highest BCUT2D eigenvalue weighted by atomic mass is 127. The van der Waals surface area contributed by atoms with E-state index >= 15 is 0 Å². The van der Waals surface area contributed by atoms with E-state index in [0.717, 1.165) is 58.2 Å². The zero-order chi connectivity index (χ0) is 18.4. The van der Waals surface area contributed by atoms with Gasteiger partial charge >= 0.3 is 0 Å². The molecule has 1 saturated heterocycles. The summed E-state index contributed by atoms with van der Waals surface area (Å²) in [6, 6.07) is 2.55. The van der Waals surface area contributed by atoms with Crippen molar-refractivity contribution in [2.24, 2.45) is 4.99 Å². The first-order valence-corrected chi connectivity index (χ1v) is 10.7. The maximum Gasteiger partial charge on any atom is 0.222 e. The van der Waals surface area contributed by atoms with Gasteiger partial charge in [-0.2, -0.15) is 0 Å². The van der Waals surface area contributed by atoms with Gasteiger partial charge in [-0.1, -0.05) is 6.92 Å². The number of likely N-dealkylation sites (tertiary alicyclic amines) is 1. The highest BCUT2D eigenvalue weighted by molar-refractivity contribution is 14.0. The van der Waals surface area contributed by atoms with Crippen molar-refractivity contribution in [3.05, 3.63) is 21.9 Å². The lowest BCUT2D eigenvalue weighted by Gasteiger charge is -2.26. The summed E-state index contributed by atoms with van der Waals surface area (Å²) in [5.74, 6) is 1.12. The number of hydrogen-bond donors (Lipinski definition) is 2. The summed E-state index contributed by atoms with van der Waals surface area (Å²) in [5.41, 5.74) is 1.49. The number of carbonyl (C=O) groups is 1. The van der Waals surface area contributed by atoms with Crippen LogP contribution in [0.1, 0.15) is 37.1 Å². The molecular weight excluding hydrogens is 473 g/mol. The Morgan fingerprint density at radius 1 is 1.37 bits per heavy atom. The van der Waals surface area contributed by atoms with Gasteiger partial charge in [0.2, 0.25) is 5.91 Å². The van der Waals surface area contributed by atoms with Gasteiger partial charge in [0.15, 0.2) is 5.96 Å². The minimum Gasteiger partial charge on any atom is -0.357 e. The van der Waals surface area contributed by atoms with Gasteiger partial charge in [0, 0.05) is 56.6 Å². The molecule has 3 heterocycles. The number of thiophene rings is 1. The number of nitrogens with zero attached hydrogens (tertiary/aromatic N) is 3. The van der Waals surface area contributed by atoms with E-state index in [2.05, 4.69) is 33.9 Å². The lowest BCUT2D eigenvalue weighted by Crippen LogP contribution is -2.45. The van der Waals surface area contributed by atoms with Gasteiger partial charge in [0.05, 0.1) is 6.54 Å². The highest BCUT2D eigenvalue weighted by Crippen LogP contribution is 2.23. The molecule has 0 aromatic carbocycles. The molecule has 2 N–H and O–H groups in total. The van der Waals surface area contributed by atoms with Crippen LogP contribution < -0.4 is 10.6 Å². The molecule has 0 bridgehead atoms. The first-order valence-electron chi connectivity index (χ1n) is 9.79. The summed E-state index contributed by atoms with van der Waals surface area (Å²) in [7, 11) is 0. The van der Waals surface area contributed by atoms with E-state index < -0.39 is 0 Å². The average molecular weight is 505 g/mol. The van der Waals surface area contributed by atoms with Crippen molar-refractivity contribution in [1.82, 2.24) is 20.4 Å². The predicted molar refractivity (Wildman–Crippen MR) is 123 cm³/mol. The van der Waals surface area contributed by atoms with Crippen LogP contribution in [0.4, 0.5) is 0 Å². The lowest BCUT2D eigenvalue weighted by molar-refractivity contribution is -0.129. The van der Waals surface area contributed by atoms with E-state index in [1.165, 1.54) is 12.0 Å². The zero-order valence-corrected chi connectivity index (χ0v) is 19.5. The Hall–Kier alpha value is -0.870. The van der Waals surface area contributed by atoms with Crippen molar-refractivity contribution in [2.75, 3.05) is 39.3 Å². The molecule has 6 nitrogen and oxygen atoms in total. The number of carbonyl (C=O) groups excluding carboxylic acids is 1. The summed E-state index contributed by atoms with van der Waals surface area (Å²) in [5, 5.41) is 9.04. The monoisotopic (exact) mass is 505 g/mol. The van der Waals surface area contributed by atoms with Crippen molar-refractivity contribution in [3.63, 3.8) is 0 Å². The van der Waals surface area contributed by atoms with Gasteiger partial charge in [-0.25, -0.2) is 0 Å². The van der Waals surface area contributed by atoms with Crippen LogP contribution in [0.15, 0.2) is 16.4 Å². The Kier molecular flexibility index (Phi) is 9.31. The number of amides is 1. The molecule has 1 amide bonds. The van der Waals surface area contributed by atoms with Crippen molar-refractivity contribution < 1.29 is 4.79 Å². The topological polar surface area (TPSA) is 60.0 Å². The molecule has 0 spiro atoms. The molecule has 0 aliphatic carbocycles. The normalized spacial score (nSPS) is 20.1. The number of nitrogens with one attached hydrogen (secondary N) is 2. The van der Waals surface area contributed by atoms with E-state index in [1.54, 1.807) is 4.88 Å². The number of guanidine groups is 1. The fourth-order valence-electron chi connectivity index (χ4n) is 3.64. The number of rotatable bonds is 6.